The first-order valence-corrected chi connectivity index (χ1v) is 6.41. The Kier molecular flexibility index (Phi) is 5.35. The van der Waals surface area contributed by atoms with Gasteiger partial charge in [-0.05, 0) is 31.0 Å². The van der Waals surface area contributed by atoms with E-state index in [1.165, 1.54) is 11.1 Å². The van der Waals surface area contributed by atoms with Crippen molar-refractivity contribution in [2.24, 2.45) is 0 Å². The van der Waals surface area contributed by atoms with Crippen molar-refractivity contribution in [1.82, 2.24) is 4.90 Å². The van der Waals surface area contributed by atoms with E-state index < -0.39 is 5.97 Å². The molecule has 0 aliphatic heterocycles. The number of nitrogens with zero attached hydrogens (tertiary/aromatic N) is 1. The zero-order chi connectivity index (χ0) is 13.7. The van der Waals surface area contributed by atoms with E-state index in [-0.39, 0.29) is 12.5 Å². The first-order chi connectivity index (χ1) is 8.40. The second-order valence-electron chi connectivity index (χ2n) is 5.26. The minimum absolute atomic E-state index is 0.0484. The van der Waals surface area contributed by atoms with E-state index in [2.05, 4.69) is 43.0 Å². The van der Waals surface area contributed by atoms with Crippen molar-refractivity contribution in [2.75, 3.05) is 7.05 Å². The molecule has 3 nitrogen and oxygen atoms in total. The Morgan fingerprint density at radius 1 is 1.22 bits per heavy atom. The fraction of sp³-hybridized carbons (Fsp3) is 0.533. The van der Waals surface area contributed by atoms with Crippen molar-refractivity contribution in [1.29, 1.82) is 0 Å². The zero-order valence-electron chi connectivity index (χ0n) is 11.7. The van der Waals surface area contributed by atoms with E-state index in [0.717, 1.165) is 6.54 Å². The third-order valence-electron chi connectivity index (χ3n) is 3.30. The topological polar surface area (TPSA) is 40.5 Å². The van der Waals surface area contributed by atoms with Gasteiger partial charge in [-0.2, -0.15) is 0 Å². The van der Waals surface area contributed by atoms with Gasteiger partial charge in [0.2, 0.25) is 0 Å². The summed E-state index contributed by atoms with van der Waals surface area (Å²) < 4.78 is 0. The number of aliphatic carboxylic acids is 1. The highest BCUT2D eigenvalue weighted by atomic mass is 16.4. The van der Waals surface area contributed by atoms with Gasteiger partial charge in [-0.3, -0.25) is 9.69 Å². The van der Waals surface area contributed by atoms with E-state index in [4.69, 9.17) is 5.11 Å². The molecule has 0 aliphatic rings. The summed E-state index contributed by atoms with van der Waals surface area (Å²) in [6, 6.07) is 8.59. The summed E-state index contributed by atoms with van der Waals surface area (Å²) in [7, 11) is 1.96. The SMILES string of the molecule is CC(C)c1ccc(CN(C)C(C)CC(=O)O)cc1. The van der Waals surface area contributed by atoms with Crippen molar-refractivity contribution < 1.29 is 9.90 Å². The molecule has 1 rings (SSSR count). The van der Waals surface area contributed by atoms with Gasteiger partial charge in [-0.15, -0.1) is 0 Å². The number of hydrogen-bond acceptors (Lipinski definition) is 2. The molecular weight excluding hydrogens is 226 g/mol. The van der Waals surface area contributed by atoms with Crippen LogP contribution in [-0.2, 0) is 11.3 Å². The van der Waals surface area contributed by atoms with Crippen LogP contribution in [0.5, 0.6) is 0 Å². The molecule has 0 aromatic heterocycles. The molecule has 100 valence electrons. The molecule has 1 aromatic rings. The van der Waals surface area contributed by atoms with Crippen molar-refractivity contribution in [3.63, 3.8) is 0 Å². The summed E-state index contributed by atoms with van der Waals surface area (Å²) in [5.41, 5.74) is 2.55. The van der Waals surface area contributed by atoms with Crippen LogP contribution in [0.3, 0.4) is 0 Å². The second kappa shape index (κ2) is 6.55. The summed E-state index contributed by atoms with van der Waals surface area (Å²) in [4.78, 5) is 12.7. The number of carbonyl (C=O) groups is 1. The molecule has 0 heterocycles. The number of carboxylic acid groups (broad SMARTS) is 1. The van der Waals surface area contributed by atoms with Gasteiger partial charge in [0.15, 0.2) is 0 Å². The number of rotatable bonds is 6. The van der Waals surface area contributed by atoms with Crippen LogP contribution < -0.4 is 0 Å². The predicted octanol–water partition coefficient (Wildman–Crippen LogP) is 3.11. The van der Waals surface area contributed by atoms with E-state index in [1.807, 2.05) is 14.0 Å². The fourth-order valence-electron chi connectivity index (χ4n) is 1.86. The van der Waals surface area contributed by atoms with Gasteiger partial charge in [0.25, 0.3) is 0 Å². The molecule has 1 aromatic carbocycles. The largest absolute Gasteiger partial charge is 0.481 e. The number of benzene rings is 1. The molecule has 0 fully saturated rings. The van der Waals surface area contributed by atoms with Crippen molar-refractivity contribution in [3.8, 4) is 0 Å². The maximum absolute atomic E-state index is 10.7. The van der Waals surface area contributed by atoms with Crippen molar-refractivity contribution in [2.45, 2.75) is 45.7 Å². The van der Waals surface area contributed by atoms with Crippen LogP contribution in [0.1, 0.15) is 44.2 Å². The molecular formula is C15H23NO2. The molecule has 18 heavy (non-hydrogen) atoms. The lowest BCUT2D eigenvalue weighted by Crippen LogP contribution is -2.30. The lowest BCUT2D eigenvalue weighted by atomic mass is 10.0. The summed E-state index contributed by atoms with van der Waals surface area (Å²) in [5.74, 6) is -0.202. The van der Waals surface area contributed by atoms with Crippen LogP contribution in [0, 0.1) is 0 Å². The summed E-state index contributed by atoms with van der Waals surface area (Å²) in [5, 5.41) is 8.77. The average molecular weight is 249 g/mol. The maximum Gasteiger partial charge on any atom is 0.304 e. The van der Waals surface area contributed by atoms with Gasteiger partial charge < -0.3 is 5.11 Å². The summed E-state index contributed by atoms with van der Waals surface area (Å²) in [6.07, 6.45) is 0.181. The molecule has 3 heteroatoms. The van der Waals surface area contributed by atoms with Crippen LogP contribution >= 0.6 is 0 Å². The Labute approximate surface area is 109 Å². The van der Waals surface area contributed by atoms with Gasteiger partial charge >= 0.3 is 5.97 Å². The third kappa shape index (κ3) is 4.49. The quantitative estimate of drug-likeness (QED) is 0.842. The Balaban J connectivity index is 2.58. The smallest absolute Gasteiger partial charge is 0.304 e. The summed E-state index contributed by atoms with van der Waals surface area (Å²) in [6.45, 7) is 7.08. The Morgan fingerprint density at radius 3 is 2.22 bits per heavy atom. The Bertz CT molecular complexity index is 384. The average Bonchev–Trinajstić information content (AvgIpc) is 2.28. The van der Waals surface area contributed by atoms with Gasteiger partial charge in [0.1, 0.15) is 0 Å². The molecule has 0 bridgehead atoms. The first-order valence-electron chi connectivity index (χ1n) is 6.41. The van der Waals surface area contributed by atoms with Crippen molar-refractivity contribution >= 4 is 5.97 Å². The molecule has 0 aliphatic carbocycles. The number of hydrogen-bond donors (Lipinski definition) is 1. The van der Waals surface area contributed by atoms with Crippen LogP contribution in [-0.4, -0.2) is 29.1 Å². The lowest BCUT2D eigenvalue weighted by molar-refractivity contribution is -0.138. The van der Waals surface area contributed by atoms with Crippen LogP contribution in [0.15, 0.2) is 24.3 Å². The fourth-order valence-corrected chi connectivity index (χ4v) is 1.86. The van der Waals surface area contributed by atoms with E-state index >= 15 is 0 Å². The standard InChI is InChI=1S/C15H23NO2/c1-11(2)14-7-5-13(6-8-14)10-16(4)12(3)9-15(17)18/h5-8,11-12H,9-10H2,1-4H3,(H,17,18). The zero-order valence-corrected chi connectivity index (χ0v) is 11.7. The van der Waals surface area contributed by atoms with Crippen molar-refractivity contribution in [3.05, 3.63) is 35.4 Å². The van der Waals surface area contributed by atoms with Crippen LogP contribution in [0.25, 0.3) is 0 Å². The first kappa shape index (κ1) is 14.7. The lowest BCUT2D eigenvalue weighted by Gasteiger charge is -2.23. The van der Waals surface area contributed by atoms with E-state index in [1.54, 1.807) is 0 Å². The second-order valence-corrected chi connectivity index (χ2v) is 5.26. The normalized spacial score (nSPS) is 13.0. The van der Waals surface area contributed by atoms with E-state index in [0.29, 0.717) is 5.92 Å². The number of carboxylic acids is 1. The third-order valence-corrected chi connectivity index (χ3v) is 3.30. The molecule has 0 radical (unpaired) electrons. The molecule has 0 saturated heterocycles. The highest BCUT2D eigenvalue weighted by molar-refractivity contribution is 5.67. The predicted molar refractivity (Wildman–Crippen MR) is 73.7 cm³/mol. The van der Waals surface area contributed by atoms with Crippen LogP contribution in [0.2, 0.25) is 0 Å². The monoisotopic (exact) mass is 249 g/mol. The highest BCUT2D eigenvalue weighted by Crippen LogP contribution is 2.16. The van der Waals surface area contributed by atoms with Gasteiger partial charge in [0, 0.05) is 12.6 Å². The van der Waals surface area contributed by atoms with Gasteiger partial charge in [0.05, 0.1) is 6.42 Å². The van der Waals surface area contributed by atoms with Gasteiger partial charge in [-0.25, -0.2) is 0 Å². The Hall–Kier alpha value is -1.35. The molecule has 1 atom stereocenters. The van der Waals surface area contributed by atoms with E-state index in [9.17, 15) is 4.79 Å². The molecule has 0 amide bonds. The van der Waals surface area contributed by atoms with Gasteiger partial charge in [-0.1, -0.05) is 38.1 Å². The minimum atomic E-state index is -0.746. The highest BCUT2D eigenvalue weighted by Gasteiger charge is 2.13. The minimum Gasteiger partial charge on any atom is -0.481 e. The molecule has 1 N–H and O–H groups in total. The molecule has 1 unspecified atom stereocenters. The summed E-state index contributed by atoms with van der Waals surface area (Å²) >= 11 is 0. The molecule has 0 saturated carbocycles. The maximum atomic E-state index is 10.7. The Morgan fingerprint density at radius 2 is 1.78 bits per heavy atom. The molecule has 0 spiro atoms. The van der Waals surface area contributed by atoms with Crippen LogP contribution in [0.4, 0.5) is 0 Å².